The molecule has 592 valence electrons. The minimum Gasteiger partial charge on any atom is -0.377 e. The first-order chi connectivity index (χ1) is 49.7. The van der Waals surface area contributed by atoms with Crippen LogP contribution in [0.2, 0.25) is 0 Å². The molecule has 1 aromatic carbocycles. The van der Waals surface area contributed by atoms with E-state index < -0.39 is 223 Å². The van der Waals surface area contributed by atoms with Crippen LogP contribution in [0, 0.1) is 35.3 Å². The third kappa shape index (κ3) is 20.4. The van der Waals surface area contributed by atoms with Gasteiger partial charge in [-0.3, -0.25) is 57.5 Å². The molecule has 6 aliphatic rings. The molecular weight excluding hydrogens is 1400 g/mol. The predicted octanol–water partition coefficient (Wildman–Crippen LogP) is 5.69. The lowest BCUT2D eigenvalue weighted by molar-refractivity contribution is -0.158. The maximum absolute atomic E-state index is 15.5. The zero-order chi connectivity index (χ0) is 78.8. The summed E-state index contributed by atoms with van der Waals surface area (Å²) in [6.07, 6.45) is -2.95. The van der Waals surface area contributed by atoms with Gasteiger partial charge in [-0.2, -0.15) is 13.2 Å². The number of nitrogens with one attached hydrogen (secondary N) is 3. The summed E-state index contributed by atoms with van der Waals surface area (Å²) in [5.41, 5.74) is -4.24. The van der Waals surface area contributed by atoms with Crippen LogP contribution in [0.25, 0.3) is 0 Å². The number of carbonyl (C=O) groups is 12. The standard InChI is InChI=1S/C74H109F7N12O13/c1-14-44(5)61-69(103)87(9)42-59(96)88(10)52-24-17-16-20-33-92(68(52)102)56(37-45-27-31-73(77,78)32-28-45)67(101)86(8)41-57(94)82-51(26-25-46-35-49(75)60(50(76)36-46)74(79,80)81)65(99)93-40-48(106-15-2)38-54(93)64(98)84-72(29-21-30-72)71(105)91(13)62(47-22-18-19-23-47)70(104)90(12)55(66(100)85(6)7)39-58(95)89(11)53(34-43(3)4)63(97)83-61/h16-17,35-36,43-45,47-48,51-56,61-62H,14-15,18-34,37-42H2,1-13H3,(H,82,94)(H,83,97)(H,84,98)/b17-16-/t44-,48+,51+,52-,53-,54-,55-,56-,61-,62-/m0/s1. The van der Waals surface area contributed by atoms with E-state index in [9.17, 15) is 50.7 Å². The molecule has 3 aliphatic carbocycles. The number of rotatable bonds is 13. The Bertz CT molecular complexity index is 3390. The Morgan fingerprint density at radius 2 is 1.31 bits per heavy atom. The third-order valence-electron chi connectivity index (χ3n) is 22.4. The molecule has 3 aliphatic heterocycles. The van der Waals surface area contributed by atoms with Crippen LogP contribution in [0.3, 0.4) is 0 Å². The molecule has 3 saturated carbocycles. The van der Waals surface area contributed by atoms with Crippen LogP contribution in [0.4, 0.5) is 30.7 Å². The number of halogens is 7. The Labute approximate surface area is 616 Å². The van der Waals surface area contributed by atoms with Crippen molar-refractivity contribution in [2.45, 2.75) is 235 Å². The monoisotopic (exact) mass is 1510 g/mol. The van der Waals surface area contributed by atoms with Crippen LogP contribution in [0.1, 0.15) is 168 Å². The summed E-state index contributed by atoms with van der Waals surface area (Å²) >= 11 is 0. The predicted molar refractivity (Wildman–Crippen MR) is 375 cm³/mol. The van der Waals surface area contributed by atoms with Gasteiger partial charge in [-0.25, -0.2) is 17.6 Å². The highest BCUT2D eigenvalue weighted by atomic mass is 19.4. The van der Waals surface area contributed by atoms with Gasteiger partial charge < -0.3 is 64.8 Å². The number of amides is 12. The zero-order valence-electron chi connectivity index (χ0n) is 63.5. The number of ether oxygens (including phenoxy) is 1. The van der Waals surface area contributed by atoms with Crippen LogP contribution >= 0.6 is 0 Å². The first-order valence-electron chi connectivity index (χ1n) is 37.2. The van der Waals surface area contributed by atoms with Crippen LogP contribution in [0.15, 0.2) is 24.3 Å². The van der Waals surface area contributed by atoms with E-state index in [1.165, 1.54) is 71.1 Å². The fraction of sp³-hybridized carbons (Fsp3) is 0.730. The van der Waals surface area contributed by atoms with Crippen molar-refractivity contribution in [2.75, 3.05) is 89.2 Å². The van der Waals surface area contributed by atoms with Gasteiger partial charge in [0.05, 0.1) is 25.6 Å². The molecule has 32 heteroatoms. The van der Waals surface area contributed by atoms with Gasteiger partial charge in [0.2, 0.25) is 76.8 Å². The minimum absolute atomic E-state index is 0.0540. The summed E-state index contributed by atoms with van der Waals surface area (Å²) in [6.45, 7) is 6.88. The molecule has 10 atom stereocenters. The quantitative estimate of drug-likeness (QED) is 0.158. The Morgan fingerprint density at radius 3 is 1.88 bits per heavy atom. The van der Waals surface area contributed by atoms with Crippen molar-refractivity contribution >= 4 is 70.9 Å². The number of fused-ring (bicyclic) bond motifs is 3. The summed E-state index contributed by atoms with van der Waals surface area (Å²) in [6, 6.07) is -10.5. The lowest BCUT2D eigenvalue weighted by Crippen LogP contribution is -2.68. The van der Waals surface area contributed by atoms with E-state index in [2.05, 4.69) is 16.0 Å². The number of aryl methyl sites for hydroxylation is 1. The molecule has 7 rings (SSSR count). The van der Waals surface area contributed by atoms with E-state index in [1.54, 1.807) is 32.9 Å². The third-order valence-corrected chi connectivity index (χ3v) is 22.4. The number of alkyl halides is 5. The highest BCUT2D eigenvalue weighted by Crippen LogP contribution is 2.41. The second kappa shape index (κ2) is 36.3. The minimum atomic E-state index is -5.44. The van der Waals surface area contributed by atoms with Gasteiger partial charge in [-0.15, -0.1) is 0 Å². The topological polar surface area (TPSA) is 279 Å². The maximum atomic E-state index is 15.5. The van der Waals surface area contributed by atoms with E-state index in [1.807, 2.05) is 13.8 Å². The van der Waals surface area contributed by atoms with E-state index in [0.29, 0.717) is 50.7 Å². The fourth-order valence-corrected chi connectivity index (χ4v) is 15.7. The number of hydrogen-bond acceptors (Lipinski definition) is 13. The molecule has 0 unspecified atom stereocenters. The summed E-state index contributed by atoms with van der Waals surface area (Å²) in [5.74, 6) is -18.3. The summed E-state index contributed by atoms with van der Waals surface area (Å²) in [7, 11) is 10.9. The first-order valence-corrected chi connectivity index (χ1v) is 37.2. The Kier molecular flexibility index (Phi) is 29.2. The molecule has 12 amide bonds. The molecule has 25 nitrogen and oxygen atoms in total. The average molecular weight is 1510 g/mol. The smallest absolute Gasteiger partial charge is 0.377 e. The lowest BCUT2D eigenvalue weighted by atomic mass is 9.74. The molecule has 1 aromatic rings. The molecule has 3 heterocycles. The second-order valence-corrected chi connectivity index (χ2v) is 30.7. The summed E-state index contributed by atoms with van der Waals surface area (Å²) in [4.78, 5) is 191. The van der Waals surface area contributed by atoms with Crippen molar-refractivity contribution in [3.63, 3.8) is 0 Å². The molecule has 0 aromatic heterocycles. The highest BCUT2D eigenvalue weighted by Gasteiger charge is 2.54. The number of hydrogen-bond donors (Lipinski definition) is 3. The molecule has 2 saturated heterocycles. The Balaban J connectivity index is 1.34. The Morgan fingerprint density at radius 1 is 0.689 bits per heavy atom. The van der Waals surface area contributed by atoms with Crippen molar-refractivity contribution in [3.8, 4) is 0 Å². The van der Waals surface area contributed by atoms with Crippen molar-refractivity contribution in [2.24, 2.45) is 23.7 Å². The molecule has 1 spiro atoms. The van der Waals surface area contributed by atoms with E-state index in [0.717, 1.165) is 29.4 Å². The molecular formula is C74H109F7N12O13. The Hall–Kier alpha value is -7.93. The van der Waals surface area contributed by atoms with Gasteiger partial charge in [-0.1, -0.05) is 59.1 Å². The van der Waals surface area contributed by atoms with E-state index >= 15 is 37.5 Å². The molecule has 2 bridgehead atoms. The lowest BCUT2D eigenvalue weighted by Gasteiger charge is -2.46. The molecule has 3 N–H and O–H groups in total. The fourth-order valence-electron chi connectivity index (χ4n) is 15.7. The second-order valence-electron chi connectivity index (χ2n) is 30.7. The highest BCUT2D eigenvalue weighted by molar-refractivity contribution is 6.01. The van der Waals surface area contributed by atoms with Crippen LogP contribution in [-0.2, 0) is 74.9 Å². The normalized spacial score (nSPS) is 27.8. The van der Waals surface area contributed by atoms with E-state index in [4.69, 9.17) is 4.74 Å². The van der Waals surface area contributed by atoms with Crippen molar-refractivity contribution in [1.82, 2.24) is 60.0 Å². The van der Waals surface area contributed by atoms with Crippen molar-refractivity contribution in [3.05, 3.63) is 47.0 Å². The largest absolute Gasteiger partial charge is 0.422 e. The van der Waals surface area contributed by atoms with Crippen LogP contribution in [0.5, 0.6) is 0 Å². The van der Waals surface area contributed by atoms with Gasteiger partial charge in [0.1, 0.15) is 71.1 Å². The van der Waals surface area contributed by atoms with Gasteiger partial charge in [-0.05, 0) is 132 Å². The summed E-state index contributed by atoms with van der Waals surface area (Å²) in [5, 5.41) is 8.35. The van der Waals surface area contributed by atoms with Gasteiger partial charge in [0, 0.05) is 95.3 Å². The molecule has 0 radical (unpaired) electrons. The van der Waals surface area contributed by atoms with Gasteiger partial charge in [0.15, 0.2) is 0 Å². The van der Waals surface area contributed by atoms with Crippen molar-refractivity contribution < 1.29 is 93.0 Å². The number of likely N-dealkylation sites (N-methyl/N-ethyl adjacent to an activating group) is 7. The number of nitrogens with zero attached hydrogens (tertiary/aromatic N) is 9. The number of benzene rings is 1. The van der Waals surface area contributed by atoms with Gasteiger partial charge in [0.25, 0.3) is 0 Å². The molecule has 106 heavy (non-hydrogen) atoms. The van der Waals surface area contributed by atoms with E-state index in [-0.39, 0.29) is 89.0 Å². The first kappa shape index (κ1) is 85.3. The van der Waals surface area contributed by atoms with Crippen molar-refractivity contribution in [1.29, 1.82) is 0 Å². The average Bonchev–Trinajstić information content (AvgIpc) is 1.79. The summed E-state index contributed by atoms with van der Waals surface area (Å²) < 4.78 is 107. The SMILES string of the molecule is CCO[C@@H]1C[C@H]2C(=O)NC3(CCC3)C(=O)N(C)[C@@H](C3CCCC3)C(=O)N(C)[C@H](C(=O)N(C)C)CC(=O)N(C)[C@@H](CC(C)C)C(=O)N[C@@H]([C@@H](C)CC)C(=O)N(C)CC(=O)N(C)[C@H]3C/C=C\CCN(C3=O)[C@@H](CC3CCC(F)(F)CC3)C(=O)N(C)CC(=O)N[C@H](CCc3cc(F)c(C(F)(F)F)c(F)c3)C(=O)N2C1. The molecule has 5 fully saturated rings. The van der Waals surface area contributed by atoms with Crippen LogP contribution < -0.4 is 16.0 Å². The zero-order valence-corrected chi connectivity index (χ0v) is 63.5. The van der Waals surface area contributed by atoms with Gasteiger partial charge >= 0.3 is 6.18 Å². The maximum Gasteiger partial charge on any atom is 0.422 e. The number of carbonyl (C=O) groups excluding carboxylic acids is 12. The van der Waals surface area contributed by atoms with Crippen LogP contribution in [-0.4, -0.2) is 270 Å².